The van der Waals surface area contributed by atoms with E-state index in [9.17, 15) is 9.18 Å². The molecule has 1 aromatic rings. The zero-order valence-corrected chi connectivity index (χ0v) is 7.45. The van der Waals surface area contributed by atoms with Crippen molar-refractivity contribution in [2.45, 2.75) is 6.54 Å². The first-order valence-electron chi connectivity index (χ1n) is 4.00. The number of fused-ring (bicyclic) bond motifs is 1. The van der Waals surface area contributed by atoms with Gasteiger partial charge in [-0.15, -0.1) is 0 Å². The van der Waals surface area contributed by atoms with Crippen molar-refractivity contribution in [2.24, 2.45) is 10.2 Å². The van der Waals surface area contributed by atoms with Crippen LogP contribution in [0.25, 0.3) is 0 Å². The second-order valence-electron chi connectivity index (χ2n) is 2.85. The molecule has 0 saturated heterocycles. The largest absolute Gasteiger partial charge is 0.465 e. The Labute approximate surface area is 79.4 Å². The molecule has 0 amide bonds. The lowest BCUT2D eigenvalue weighted by molar-refractivity contribution is 0.0600. The number of benzene rings is 1. The lowest BCUT2D eigenvalue weighted by Gasteiger charge is -2.02. The molecule has 0 saturated carbocycles. The maximum atomic E-state index is 13.3. The maximum Gasteiger partial charge on any atom is 0.338 e. The van der Waals surface area contributed by atoms with Crippen molar-refractivity contribution in [3.05, 3.63) is 29.1 Å². The average molecular weight is 194 g/mol. The molecule has 1 aliphatic heterocycles. The molecule has 0 aliphatic carbocycles. The van der Waals surface area contributed by atoms with Crippen molar-refractivity contribution in [1.29, 1.82) is 0 Å². The van der Waals surface area contributed by atoms with Gasteiger partial charge in [0.1, 0.15) is 5.82 Å². The van der Waals surface area contributed by atoms with E-state index in [1.54, 1.807) is 0 Å². The van der Waals surface area contributed by atoms with Gasteiger partial charge < -0.3 is 4.74 Å². The fourth-order valence-corrected chi connectivity index (χ4v) is 1.29. The van der Waals surface area contributed by atoms with E-state index >= 15 is 0 Å². The van der Waals surface area contributed by atoms with E-state index in [4.69, 9.17) is 0 Å². The summed E-state index contributed by atoms with van der Waals surface area (Å²) in [5.41, 5.74) is 0.993. The van der Waals surface area contributed by atoms with Gasteiger partial charge in [0.2, 0.25) is 0 Å². The summed E-state index contributed by atoms with van der Waals surface area (Å²) in [7, 11) is 1.25. The summed E-state index contributed by atoms with van der Waals surface area (Å²) >= 11 is 0. The van der Waals surface area contributed by atoms with Crippen molar-refractivity contribution < 1.29 is 13.9 Å². The highest BCUT2D eigenvalue weighted by molar-refractivity contribution is 5.90. The van der Waals surface area contributed by atoms with E-state index in [0.29, 0.717) is 11.3 Å². The molecule has 0 fully saturated rings. The van der Waals surface area contributed by atoms with Crippen LogP contribution in [0.4, 0.5) is 10.1 Å². The summed E-state index contributed by atoms with van der Waals surface area (Å²) in [5, 5.41) is 7.39. The molecule has 1 heterocycles. The number of halogens is 1. The normalized spacial score (nSPS) is 12.7. The SMILES string of the molecule is COC(=O)c1cc(F)c2c(c1)N=NC2. The van der Waals surface area contributed by atoms with E-state index in [2.05, 4.69) is 15.0 Å². The Kier molecular flexibility index (Phi) is 1.99. The van der Waals surface area contributed by atoms with Crippen LogP contribution >= 0.6 is 0 Å². The summed E-state index contributed by atoms with van der Waals surface area (Å²) in [6.07, 6.45) is 0. The number of azo groups is 1. The van der Waals surface area contributed by atoms with Crippen LogP contribution in [0.5, 0.6) is 0 Å². The predicted molar refractivity (Wildman–Crippen MR) is 46.0 cm³/mol. The summed E-state index contributed by atoms with van der Waals surface area (Å²) in [4.78, 5) is 11.1. The number of esters is 1. The molecule has 0 unspecified atom stereocenters. The van der Waals surface area contributed by atoms with Gasteiger partial charge in [0.25, 0.3) is 0 Å². The molecule has 4 nitrogen and oxygen atoms in total. The quantitative estimate of drug-likeness (QED) is 0.643. The highest BCUT2D eigenvalue weighted by Gasteiger charge is 2.17. The molecule has 72 valence electrons. The van der Waals surface area contributed by atoms with Crippen molar-refractivity contribution in [3.8, 4) is 0 Å². The molecular formula is C9H7FN2O2. The summed E-state index contributed by atoms with van der Waals surface area (Å²) < 4.78 is 17.8. The van der Waals surface area contributed by atoms with Crippen molar-refractivity contribution in [2.75, 3.05) is 7.11 Å². The molecule has 0 N–H and O–H groups in total. The summed E-state index contributed by atoms with van der Waals surface area (Å²) in [6, 6.07) is 2.61. The Bertz CT molecular complexity index is 429. The van der Waals surface area contributed by atoms with Crippen LogP contribution < -0.4 is 0 Å². The number of methoxy groups -OCH3 is 1. The van der Waals surface area contributed by atoms with Crippen molar-refractivity contribution in [3.63, 3.8) is 0 Å². The maximum absolute atomic E-state index is 13.3. The molecule has 1 aromatic carbocycles. The van der Waals surface area contributed by atoms with Crippen molar-refractivity contribution in [1.82, 2.24) is 0 Å². The minimum atomic E-state index is -0.575. The fourth-order valence-electron chi connectivity index (χ4n) is 1.29. The summed E-state index contributed by atoms with van der Waals surface area (Å²) in [5.74, 6) is -1.04. The zero-order chi connectivity index (χ0) is 10.1. The van der Waals surface area contributed by atoms with Gasteiger partial charge in [-0.25, -0.2) is 9.18 Å². The van der Waals surface area contributed by atoms with Gasteiger partial charge in [-0.3, -0.25) is 0 Å². The fraction of sp³-hybridized carbons (Fsp3) is 0.222. The standard InChI is InChI=1S/C9H7FN2O2/c1-14-9(13)5-2-7(10)6-4-11-12-8(6)3-5/h2-3H,4H2,1H3. The minimum Gasteiger partial charge on any atom is -0.465 e. The third kappa shape index (κ3) is 1.26. The number of carbonyl (C=O) groups is 1. The first-order chi connectivity index (χ1) is 6.72. The van der Waals surface area contributed by atoms with E-state index in [-0.39, 0.29) is 12.1 Å². The monoisotopic (exact) mass is 194 g/mol. The third-order valence-corrected chi connectivity index (χ3v) is 2.00. The zero-order valence-electron chi connectivity index (χ0n) is 7.45. The van der Waals surface area contributed by atoms with Gasteiger partial charge in [-0.1, -0.05) is 0 Å². The number of rotatable bonds is 1. The van der Waals surface area contributed by atoms with Crippen LogP contribution in [-0.4, -0.2) is 13.1 Å². The van der Waals surface area contributed by atoms with Gasteiger partial charge in [-0.05, 0) is 12.1 Å². The van der Waals surface area contributed by atoms with E-state index in [0.717, 1.165) is 6.07 Å². The topological polar surface area (TPSA) is 51.0 Å². The average Bonchev–Trinajstić information content (AvgIpc) is 2.64. The number of carbonyl (C=O) groups excluding carboxylic acids is 1. The molecule has 2 rings (SSSR count). The number of ether oxygens (including phenoxy) is 1. The van der Waals surface area contributed by atoms with Gasteiger partial charge in [0, 0.05) is 5.56 Å². The molecule has 0 atom stereocenters. The highest BCUT2D eigenvalue weighted by Crippen LogP contribution is 2.30. The number of hydrogen-bond acceptors (Lipinski definition) is 4. The molecule has 14 heavy (non-hydrogen) atoms. The lowest BCUT2D eigenvalue weighted by atomic mass is 10.1. The summed E-state index contributed by atoms with van der Waals surface area (Å²) in [6.45, 7) is 0.239. The lowest BCUT2D eigenvalue weighted by Crippen LogP contribution is -2.02. The Morgan fingerprint density at radius 3 is 3.07 bits per heavy atom. The van der Waals surface area contributed by atoms with Crippen molar-refractivity contribution >= 4 is 11.7 Å². The van der Waals surface area contributed by atoms with E-state index in [1.165, 1.54) is 13.2 Å². The van der Waals surface area contributed by atoms with Crippen LogP contribution in [0.3, 0.4) is 0 Å². The van der Waals surface area contributed by atoms with Crippen LogP contribution in [0.15, 0.2) is 22.4 Å². The van der Waals surface area contributed by atoms with E-state index in [1.807, 2.05) is 0 Å². The molecule has 0 bridgehead atoms. The smallest absolute Gasteiger partial charge is 0.338 e. The van der Waals surface area contributed by atoms with Gasteiger partial charge in [0.05, 0.1) is 24.9 Å². The second kappa shape index (κ2) is 3.17. The van der Waals surface area contributed by atoms with Crippen LogP contribution in [0.2, 0.25) is 0 Å². The van der Waals surface area contributed by atoms with Crippen LogP contribution in [0, 0.1) is 5.82 Å². The van der Waals surface area contributed by atoms with E-state index < -0.39 is 11.8 Å². The van der Waals surface area contributed by atoms with Gasteiger partial charge >= 0.3 is 5.97 Å². The highest BCUT2D eigenvalue weighted by atomic mass is 19.1. The molecule has 0 radical (unpaired) electrons. The molecule has 0 aromatic heterocycles. The Morgan fingerprint density at radius 2 is 2.36 bits per heavy atom. The molecule has 0 spiro atoms. The number of hydrogen-bond donors (Lipinski definition) is 0. The first-order valence-corrected chi connectivity index (χ1v) is 4.00. The third-order valence-electron chi connectivity index (χ3n) is 2.00. The Morgan fingerprint density at radius 1 is 1.57 bits per heavy atom. The van der Waals surface area contributed by atoms with Gasteiger partial charge in [-0.2, -0.15) is 10.2 Å². The second-order valence-corrected chi connectivity index (χ2v) is 2.85. The minimum absolute atomic E-state index is 0.157. The molecule has 1 aliphatic rings. The molecular weight excluding hydrogens is 187 g/mol. The predicted octanol–water partition coefficient (Wildman–Crippen LogP) is 2.21. The first kappa shape index (κ1) is 8.80. The number of nitrogens with zero attached hydrogens (tertiary/aromatic N) is 2. The van der Waals surface area contributed by atoms with Gasteiger partial charge in [0.15, 0.2) is 0 Å². The Hall–Kier alpha value is -1.78. The van der Waals surface area contributed by atoms with Crippen LogP contribution in [0.1, 0.15) is 15.9 Å². The van der Waals surface area contributed by atoms with Crippen LogP contribution in [-0.2, 0) is 11.3 Å². The molecule has 5 heteroatoms. The Balaban J connectivity index is 2.51.